The van der Waals surface area contributed by atoms with Crippen molar-refractivity contribution in [3.8, 4) is 0 Å². The van der Waals surface area contributed by atoms with Gasteiger partial charge in [-0.05, 0) is 55.4 Å². The molecular weight excluding hydrogens is 277 g/mol. The molecule has 3 nitrogen and oxygen atoms in total. The van der Waals surface area contributed by atoms with E-state index in [2.05, 4.69) is 44.6 Å². The molecule has 0 radical (unpaired) electrons. The molecule has 0 bridgehead atoms. The summed E-state index contributed by atoms with van der Waals surface area (Å²) in [5.74, 6) is 0. The Balaban J connectivity index is 2.18. The summed E-state index contributed by atoms with van der Waals surface area (Å²) in [5.41, 5.74) is 1.31. The molecule has 0 amide bonds. The first-order chi connectivity index (χ1) is 6.29. The van der Waals surface area contributed by atoms with E-state index in [1.165, 1.54) is 22.1 Å². The molecule has 1 aliphatic rings. The van der Waals surface area contributed by atoms with Crippen LogP contribution in [-0.2, 0) is 0 Å². The molecule has 0 spiro atoms. The van der Waals surface area contributed by atoms with Gasteiger partial charge in [-0.3, -0.25) is 4.68 Å². The van der Waals surface area contributed by atoms with Gasteiger partial charge < -0.3 is 5.32 Å². The maximum atomic E-state index is 4.42. The summed E-state index contributed by atoms with van der Waals surface area (Å²) in [6.07, 6.45) is 4.37. The fourth-order valence-electron chi connectivity index (χ4n) is 1.82. The van der Waals surface area contributed by atoms with Crippen molar-refractivity contribution in [1.29, 1.82) is 0 Å². The topological polar surface area (TPSA) is 29.9 Å². The third-order valence-electron chi connectivity index (χ3n) is 2.64. The minimum absolute atomic E-state index is 0.616. The predicted molar refractivity (Wildman–Crippen MR) is 60.8 cm³/mol. The largest absolute Gasteiger partial charge is 0.317 e. The first kappa shape index (κ1) is 9.45. The standard InChI is InChI=1S/C9H14IN3/c1-7-9(10)6-12-13(7)8-2-4-11-5-3-8/h6,8,11H,2-5H2,1H3. The number of piperidine rings is 1. The average molecular weight is 291 g/mol. The molecule has 1 aromatic rings. The molecule has 4 heteroatoms. The third kappa shape index (κ3) is 1.88. The summed E-state index contributed by atoms with van der Waals surface area (Å²) < 4.78 is 3.46. The number of hydrogen-bond acceptors (Lipinski definition) is 2. The van der Waals surface area contributed by atoms with Crippen molar-refractivity contribution in [2.24, 2.45) is 0 Å². The van der Waals surface area contributed by atoms with Crippen LogP contribution in [0.5, 0.6) is 0 Å². The van der Waals surface area contributed by atoms with Gasteiger partial charge in [0.05, 0.1) is 15.8 Å². The van der Waals surface area contributed by atoms with Gasteiger partial charge in [0, 0.05) is 5.69 Å². The zero-order valence-electron chi connectivity index (χ0n) is 7.76. The second-order valence-corrected chi connectivity index (χ2v) is 4.67. The van der Waals surface area contributed by atoms with E-state index in [4.69, 9.17) is 0 Å². The Bertz CT molecular complexity index is 289. The fourth-order valence-corrected chi connectivity index (χ4v) is 2.19. The lowest BCUT2D eigenvalue weighted by Gasteiger charge is -2.24. The lowest BCUT2D eigenvalue weighted by atomic mass is 10.1. The number of nitrogens with zero attached hydrogens (tertiary/aromatic N) is 2. The molecule has 1 aromatic heterocycles. The molecular formula is C9H14IN3. The quantitative estimate of drug-likeness (QED) is 0.799. The van der Waals surface area contributed by atoms with Crippen molar-refractivity contribution in [3.05, 3.63) is 15.5 Å². The second kappa shape index (κ2) is 3.96. The van der Waals surface area contributed by atoms with Crippen molar-refractivity contribution in [3.63, 3.8) is 0 Å². The van der Waals surface area contributed by atoms with Crippen LogP contribution >= 0.6 is 22.6 Å². The van der Waals surface area contributed by atoms with Crippen LogP contribution in [-0.4, -0.2) is 22.9 Å². The lowest BCUT2D eigenvalue weighted by Crippen LogP contribution is -2.30. The number of aromatic nitrogens is 2. The van der Waals surface area contributed by atoms with Gasteiger partial charge in [0.25, 0.3) is 0 Å². The summed E-state index contributed by atoms with van der Waals surface area (Å²) in [5, 5.41) is 7.79. The van der Waals surface area contributed by atoms with E-state index in [0.29, 0.717) is 6.04 Å². The smallest absolute Gasteiger partial charge is 0.0626 e. The van der Waals surface area contributed by atoms with Gasteiger partial charge in [-0.15, -0.1) is 0 Å². The molecule has 0 aliphatic carbocycles. The molecule has 0 saturated carbocycles. The van der Waals surface area contributed by atoms with E-state index >= 15 is 0 Å². The number of halogens is 1. The van der Waals surface area contributed by atoms with Gasteiger partial charge in [0.15, 0.2) is 0 Å². The van der Waals surface area contributed by atoms with Gasteiger partial charge in [-0.2, -0.15) is 5.10 Å². The van der Waals surface area contributed by atoms with Crippen molar-refractivity contribution < 1.29 is 0 Å². The van der Waals surface area contributed by atoms with Gasteiger partial charge in [-0.1, -0.05) is 0 Å². The van der Waals surface area contributed by atoms with Crippen LogP contribution in [0, 0.1) is 10.5 Å². The van der Waals surface area contributed by atoms with Crippen molar-refractivity contribution in [1.82, 2.24) is 15.1 Å². The molecule has 2 heterocycles. The van der Waals surface area contributed by atoms with Crippen LogP contribution in [0.3, 0.4) is 0 Å². The highest BCUT2D eigenvalue weighted by molar-refractivity contribution is 14.1. The molecule has 1 aliphatic heterocycles. The van der Waals surface area contributed by atoms with Gasteiger partial charge in [0.1, 0.15) is 0 Å². The minimum Gasteiger partial charge on any atom is -0.317 e. The second-order valence-electron chi connectivity index (χ2n) is 3.50. The zero-order chi connectivity index (χ0) is 9.26. The highest BCUT2D eigenvalue weighted by Gasteiger charge is 2.17. The number of nitrogens with one attached hydrogen (secondary N) is 1. The summed E-state index contributed by atoms with van der Waals surface area (Å²) in [7, 11) is 0. The maximum Gasteiger partial charge on any atom is 0.0626 e. The Morgan fingerprint density at radius 3 is 2.77 bits per heavy atom. The van der Waals surface area contributed by atoms with E-state index in [-0.39, 0.29) is 0 Å². The van der Waals surface area contributed by atoms with E-state index in [9.17, 15) is 0 Å². The number of rotatable bonds is 1. The molecule has 1 saturated heterocycles. The van der Waals surface area contributed by atoms with E-state index in [1.54, 1.807) is 0 Å². The molecule has 0 aromatic carbocycles. The number of hydrogen-bond donors (Lipinski definition) is 1. The predicted octanol–water partition coefficient (Wildman–Crippen LogP) is 1.72. The fraction of sp³-hybridized carbons (Fsp3) is 0.667. The third-order valence-corrected chi connectivity index (χ3v) is 3.70. The summed E-state index contributed by atoms with van der Waals surface area (Å²) in [6.45, 7) is 4.40. The van der Waals surface area contributed by atoms with Crippen molar-refractivity contribution in [2.45, 2.75) is 25.8 Å². The Morgan fingerprint density at radius 2 is 2.23 bits per heavy atom. The van der Waals surface area contributed by atoms with Gasteiger partial charge in [-0.25, -0.2) is 0 Å². The monoisotopic (exact) mass is 291 g/mol. The van der Waals surface area contributed by atoms with Gasteiger partial charge in [0.2, 0.25) is 0 Å². The maximum absolute atomic E-state index is 4.42. The SMILES string of the molecule is Cc1c(I)cnn1C1CCNCC1. The highest BCUT2D eigenvalue weighted by atomic mass is 127. The highest BCUT2D eigenvalue weighted by Crippen LogP contribution is 2.21. The molecule has 13 heavy (non-hydrogen) atoms. The van der Waals surface area contributed by atoms with Crippen molar-refractivity contribution >= 4 is 22.6 Å². The van der Waals surface area contributed by atoms with Gasteiger partial charge >= 0.3 is 0 Å². The molecule has 0 atom stereocenters. The van der Waals surface area contributed by atoms with Crippen molar-refractivity contribution in [2.75, 3.05) is 13.1 Å². The Hall–Kier alpha value is -0.100. The van der Waals surface area contributed by atoms with E-state index in [1.807, 2.05) is 6.20 Å². The molecule has 72 valence electrons. The average Bonchev–Trinajstić information content (AvgIpc) is 2.49. The van der Waals surface area contributed by atoms with Crippen LogP contribution in [0.25, 0.3) is 0 Å². The molecule has 1 fully saturated rings. The van der Waals surface area contributed by atoms with Crippen LogP contribution in [0.2, 0.25) is 0 Å². The molecule has 1 N–H and O–H groups in total. The summed E-state index contributed by atoms with van der Waals surface area (Å²) in [6, 6.07) is 0.616. The Labute approximate surface area is 92.0 Å². The minimum atomic E-state index is 0.616. The summed E-state index contributed by atoms with van der Waals surface area (Å²) in [4.78, 5) is 0. The Kier molecular flexibility index (Phi) is 2.88. The summed E-state index contributed by atoms with van der Waals surface area (Å²) >= 11 is 2.34. The van der Waals surface area contributed by atoms with Crippen LogP contribution in [0.4, 0.5) is 0 Å². The lowest BCUT2D eigenvalue weighted by molar-refractivity contribution is 0.338. The molecule has 2 rings (SSSR count). The Morgan fingerprint density at radius 1 is 1.54 bits per heavy atom. The first-order valence-electron chi connectivity index (χ1n) is 4.69. The molecule has 0 unspecified atom stereocenters. The van der Waals surface area contributed by atoms with Crippen LogP contribution in [0.1, 0.15) is 24.6 Å². The first-order valence-corrected chi connectivity index (χ1v) is 5.77. The van der Waals surface area contributed by atoms with Crippen LogP contribution < -0.4 is 5.32 Å². The van der Waals surface area contributed by atoms with Crippen LogP contribution in [0.15, 0.2) is 6.20 Å². The van der Waals surface area contributed by atoms with E-state index < -0.39 is 0 Å². The normalized spacial score (nSPS) is 19.2. The zero-order valence-corrected chi connectivity index (χ0v) is 9.91. The van der Waals surface area contributed by atoms with E-state index in [0.717, 1.165) is 13.1 Å².